The van der Waals surface area contributed by atoms with E-state index < -0.39 is 12.5 Å². The number of ether oxygens (including phenoxy) is 1. The molecule has 3 aromatic rings. The number of carbonyl (C=O) groups is 2. The van der Waals surface area contributed by atoms with Gasteiger partial charge in [0.15, 0.2) is 0 Å². The van der Waals surface area contributed by atoms with Crippen molar-refractivity contribution in [1.29, 1.82) is 0 Å². The summed E-state index contributed by atoms with van der Waals surface area (Å²) in [5.41, 5.74) is 1.58. The van der Waals surface area contributed by atoms with Crippen LogP contribution in [-0.2, 0) is 4.79 Å². The number of nitrogens with one attached hydrogen (secondary N) is 2. The van der Waals surface area contributed by atoms with Gasteiger partial charge in [-0.1, -0.05) is 18.6 Å². The Morgan fingerprint density at radius 3 is 2.67 bits per heavy atom. The monoisotopic (exact) mass is 440 g/mol. The highest BCUT2D eigenvalue weighted by Gasteiger charge is 2.10. The second-order valence-electron chi connectivity index (χ2n) is 6.48. The molecule has 0 aliphatic heterocycles. The molecule has 0 aliphatic rings. The van der Waals surface area contributed by atoms with Gasteiger partial charge in [0.05, 0.1) is 5.52 Å². The first-order valence-electron chi connectivity index (χ1n) is 9.72. The molecule has 1 heterocycles. The van der Waals surface area contributed by atoms with Crippen LogP contribution in [-0.4, -0.2) is 35.2 Å². The zero-order chi connectivity index (χ0) is 23.6. The van der Waals surface area contributed by atoms with Crippen LogP contribution in [0.2, 0.25) is 0 Å². The van der Waals surface area contributed by atoms with E-state index in [4.69, 9.17) is 9.84 Å². The molecule has 0 saturated heterocycles. The van der Waals surface area contributed by atoms with E-state index in [1.54, 1.807) is 54.7 Å². The number of pyridine rings is 1. The Balaban J connectivity index is 1.80. The van der Waals surface area contributed by atoms with E-state index in [-0.39, 0.29) is 5.91 Å². The topological polar surface area (TPSA) is 113 Å². The van der Waals surface area contributed by atoms with Gasteiger partial charge in [0.25, 0.3) is 11.8 Å². The van der Waals surface area contributed by atoms with Crippen LogP contribution in [0.15, 0.2) is 84.3 Å². The molecular formula is C25H20N4O4. The minimum atomic E-state index is -0.540. The third-order valence-corrected chi connectivity index (χ3v) is 4.27. The first-order chi connectivity index (χ1) is 16.0. The van der Waals surface area contributed by atoms with Crippen LogP contribution >= 0.6 is 0 Å². The lowest BCUT2D eigenvalue weighted by molar-refractivity contribution is -0.111. The number of nitrogens with zero attached hydrogens (tertiary/aromatic N) is 2. The predicted octanol–water partition coefficient (Wildman–Crippen LogP) is 3.42. The SMILES string of the molecule is C=C/C=C(\N=C)NC(=O)c1ccc(Oc2ccnc3ccc(NC(=O)C#CCO)cc23)cc1. The number of aliphatic imine (C=N–C) groups is 1. The Morgan fingerprint density at radius 2 is 1.97 bits per heavy atom. The molecule has 0 aliphatic carbocycles. The van der Waals surface area contributed by atoms with Gasteiger partial charge in [-0.25, -0.2) is 4.99 Å². The molecular weight excluding hydrogens is 420 g/mol. The van der Waals surface area contributed by atoms with Crippen molar-refractivity contribution in [3.05, 3.63) is 84.8 Å². The molecule has 1 aromatic heterocycles. The Morgan fingerprint density at radius 1 is 1.18 bits per heavy atom. The quantitative estimate of drug-likeness (QED) is 0.296. The largest absolute Gasteiger partial charge is 0.457 e. The molecule has 3 N–H and O–H groups in total. The fourth-order valence-corrected chi connectivity index (χ4v) is 2.81. The number of aromatic nitrogens is 1. The predicted molar refractivity (Wildman–Crippen MR) is 127 cm³/mol. The fourth-order valence-electron chi connectivity index (χ4n) is 2.81. The van der Waals surface area contributed by atoms with Crippen LogP contribution in [0.5, 0.6) is 11.5 Å². The molecule has 2 aromatic carbocycles. The number of hydrogen-bond donors (Lipinski definition) is 3. The molecule has 33 heavy (non-hydrogen) atoms. The Hall–Kier alpha value is -4.74. The fraction of sp³-hybridized carbons (Fsp3) is 0.0400. The summed E-state index contributed by atoms with van der Waals surface area (Å²) in [6.45, 7) is 6.56. The first-order valence-corrected chi connectivity index (χ1v) is 9.72. The molecule has 0 bridgehead atoms. The third kappa shape index (κ3) is 6.13. The average molecular weight is 440 g/mol. The standard InChI is InChI=1S/C25H20N4O4/c1-3-5-23(26-2)29-25(32)17-7-10-19(11-8-17)33-22-13-14-27-21-12-9-18(16-20(21)22)28-24(31)6-4-15-30/h3,5,7-14,16,30H,1-2,15H2,(H,28,31)(H,29,32)/b23-5+. The van der Waals surface area contributed by atoms with Crippen molar-refractivity contribution >= 4 is 35.1 Å². The zero-order valence-corrected chi connectivity index (χ0v) is 17.5. The summed E-state index contributed by atoms with van der Waals surface area (Å²) in [6, 6.07) is 13.4. The van der Waals surface area contributed by atoms with Crippen LogP contribution < -0.4 is 15.4 Å². The van der Waals surface area contributed by atoms with Crippen LogP contribution in [0.1, 0.15) is 10.4 Å². The number of benzene rings is 2. The maximum atomic E-state index is 12.3. The van der Waals surface area contributed by atoms with E-state index in [1.165, 1.54) is 12.2 Å². The highest BCUT2D eigenvalue weighted by molar-refractivity contribution is 6.05. The summed E-state index contributed by atoms with van der Waals surface area (Å²) in [5.74, 6) is 5.00. The van der Waals surface area contributed by atoms with Crippen LogP contribution in [0.25, 0.3) is 10.9 Å². The van der Waals surface area contributed by atoms with Gasteiger partial charge in [-0.3, -0.25) is 14.6 Å². The minimum absolute atomic E-state index is 0.295. The number of fused-ring (bicyclic) bond motifs is 1. The molecule has 0 atom stereocenters. The Bertz CT molecular complexity index is 1300. The molecule has 8 heteroatoms. The summed E-state index contributed by atoms with van der Waals surface area (Å²) in [6.07, 6.45) is 4.65. The maximum absolute atomic E-state index is 12.3. The van der Waals surface area contributed by atoms with E-state index >= 15 is 0 Å². The van der Waals surface area contributed by atoms with Gasteiger partial charge >= 0.3 is 0 Å². The molecule has 0 unspecified atom stereocenters. The van der Waals surface area contributed by atoms with E-state index in [2.05, 4.69) is 45.7 Å². The second kappa shape index (κ2) is 11.0. The third-order valence-electron chi connectivity index (χ3n) is 4.27. The van der Waals surface area contributed by atoms with E-state index in [0.717, 1.165) is 0 Å². The second-order valence-corrected chi connectivity index (χ2v) is 6.48. The molecule has 3 rings (SSSR count). The maximum Gasteiger partial charge on any atom is 0.300 e. The van der Waals surface area contributed by atoms with Gasteiger partial charge in [0.1, 0.15) is 23.9 Å². The molecule has 0 fully saturated rings. The lowest BCUT2D eigenvalue weighted by Gasteiger charge is -2.11. The molecule has 0 spiro atoms. The van der Waals surface area contributed by atoms with Gasteiger partial charge in [-0.15, -0.1) is 0 Å². The number of anilines is 1. The number of amides is 2. The summed E-state index contributed by atoms with van der Waals surface area (Å²) >= 11 is 0. The van der Waals surface area contributed by atoms with Crippen molar-refractivity contribution in [2.45, 2.75) is 0 Å². The summed E-state index contributed by atoms with van der Waals surface area (Å²) < 4.78 is 5.99. The van der Waals surface area contributed by atoms with Crippen molar-refractivity contribution in [3.63, 3.8) is 0 Å². The number of aliphatic hydroxyl groups is 1. The summed E-state index contributed by atoms with van der Waals surface area (Å²) in [5, 5.41) is 14.6. The van der Waals surface area contributed by atoms with Crippen LogP contribution in [0, 0.1) is 11.8 Å². The molecule has 0 saturated carbocycles. The summed E-state index contributed by atoms with van der Waals surface area (Å²) in [4.78, 5) is 32.2. The lowest BCUT2D eigenvalue weighted by atomic mass is 10.1. The van der Waals surface area contributed by atoms with Gasteiger partial charge in [-0.05, 0) is 67.2 Å². The Kier molecular flexibility index (Phi) is 7.67. The lowest BCUT2D eigenvalue weighted by Crippen LogP contribution is -2.21. The van der Waals surface area contributed by atoms with Crippen molar-refractivity contribution in [2.75, 3.05) is 11.9 Å². The molecule has 164 valence electrons. The van der Waals surface area contributed by atoms with Gasteiger partial charge in [-0.2, -0.15) is 0 Å². The van der Waals surface area contributed by atoms with Crippen LogP contribution in [0.3, 0.4) is 0 Å². The number of allylic oxidation sites excluding steroid dienone is 2. The van der Waals surface area contributed by atoms with Gasteiger partial charge < -0.3 is 20.5 Å². The minimum Gasteiger partial charge on any atom is -0.457 e. The van der Waals surface area contributed by atoms with Gasteiger partial charge in [0.2, 0.25) is 0 Å². The normalized spacial score (nSPS) is 10.5. The number of aliphatic hydroxyl groups excluding tert-OH is 1. The molecule has 8 nitrogen and oxygen atoms in total. The van der Waals surface area contributed by atoms with Crippen molar-refractivity contribution in [3.8, 4) is 23.3 Å². The Labute approximate surface area is 190 Å². The van der Waals surface area contributed by atoms with Crippen molar-refractivity contribution in [2.24, 2.45) is 4.99 Å². The summed E-state index contributed by atoms with van der Waals surface area (Å²) in [7, 11) is 0. The molecule has 0 radical (unpaired) electrons. The van der Waals surface area contributed by atoms with Crippen molar-refractivity contribution < 1.29 is 19.4 Å². The van der Waals surface area contributed by atoms with E-state index in [9.17, 15) is 9.59 Å². The van der Waals surface area contributed by atoms with Crippen molar-refractivity contribution in [1.82, 2.24) is 10.3 Å². The first kappa shape index (κ1) is 22.9. The molecule has 2 amide bonds. The number of rotatable bonds is 7. The number of carbonyl (C=O) groups excluding carboxylic acids is 2. The average Bonchev–Trinajstić information content (AvgIpc) is 2.83. The highest BCUT2D eigenvalue weighted by atomic mass is 16.5. The van der Waals surface area contributed by atoms with Crippen LogP contribution in [0.4, 0.5) is 5.69 Å². The zero-order valence-electron chi connectivity index (χ0n) is 17.5. The highest BCUT2D eigenvalue weighted by Crippen LogP contribution is 2.30. The van der Waals surface area contributed by atoms with Gasteiger partial charge in [0, 0.05) is 22.8 Å². The number of hydrogen-bond acceptors (Lipinski definition) is 6. The smallest absolute Gasteiger partial charge is 0.300 e. The van der Waals surface area contributed by atoms with E-state index in [0.29, 0.717) is 39.5 Å². The van der Waals surface area contributed by atoms with E-state index in [1.807, 2.05) is 0 Å².